The van der Waals surface area contributed by atoms with Gasteiger partial charge in [0.25, 0.3) is 5.56 Å². The fraction of sp³-hybridized carbons (Fsp3) is 0.733. The van der Waals surface area contributed by atoms with Gasteiger partial charge in [0.2, 0.25) is 0 Å². The van der Waals surface area contributed by atoms with Gasteiger partial charge in [0.15, 0.2) is 5.82 Å². The van der Waals surface area contributed by atoms with Gasteiger partial charge in [0.05, 0.1) is 0 Å². The lowest BCUT2D eigenvalue weighted by Gasteiger charge is -2.36. The number of aromatic nitrogens is 2. The van der Waals surface area contributed by atoms with Gasteiger partial charge in [-0.2, -0.15) is 0 Å². The van der Waals surface area contributed by atoms with Gasteiger partial charge in [0, 0.05) is 37.1 Å². The van der Waals surface area contributed by atoms with Crippen LogP contribution in [0.5, 0.6) is 0 Å². The van der Waals surface area contributed by atoms with E-state index in [9.17, 15) is 4.79 Å². The Balaban J connectivity index is 2.39. The highest BCUT2D eigenvalue weighted by atomic mass is 16.1. The van der Waals surface area contributed by atoms with Crippen LogP contribution in [0, 0.1) is 0 Å². The molecular formula is C15H26N4O. The lowest BCUT2D eigenvalue weighted by atomic mass is 10.0. The second kappa shape index (κ2) is 5.95. The Kier molecular flexibility index (Phi) is 4.48. The topological polar surface area (TPSA) is 50.2 Å². The molecule has 1 aliphatic heterocycles. The highest BCUT2D eigenvalue weighted by molar-refractivity contribution is 5.38. The molecule has 0 bridgehead atoms. The molecule has 1 saturated heterocycles. The van der Waals surface area contributed by atoms with Crippen molar-refractivity contribution in [3.8, 4) is 0 Å². The van der Waals surface area contributed by atoms with Gasteiger partial charge in [-0.15, -0.1) is 0 Å². The highest BCUT2D eigenvalue weighted by Gasteiger charge is 2.27. The summed E-state index contributed by atoms with van der Waals surface area (Å²) in [6.45, 7) is 7.94. The molecule has 0 radical (unpaired) electrons. The van der Waals surface area contributed by atoms with E-state index in [2.05, 4.69) is 15.2 Å². The van der Waals surface area contributed by atoms with Crippen molar-refractivity contribution in [1.29, 1.82) is 0 Å². The number of rotatable bonds is 3. The van der Waals surface area contributed by atoms with Gasteiger partial charge in [-0.1, -0.05) is 0 Å². The van der Waals surface area contributed by atoms with Crippen LogP contribution in [-0.4, -0.2) is 35.7 Å². The minimum atomic E-state index is -0.219. The number of anilines is 1. The number of hydrogen-bond acceptors (Lipinski definition) is 4. The first kappa shape index (κ1) is 15.0. The Hall–Kier alpha value is -1.36. The van der Waals surface area contributed by atoms with Crippen LogP contribution in [0.25, 0.3) is 0 Å². The molecule has 2 heterocycles. The molecule has 1 fully saturated rings. The monoisotopic (exact) mass is 278 g/mol. The van der Waals surface area contributed by atoms with E-state index in [1.54, 1.807) is 17.0 Å². The molecule has 20 heavy (non-hydrogen) atoms. The summed E-state index contributed by atoms with van der Waals surface area (Å²) < 4.78 is 1.78. The largest absolute Gasteiger partial charge is 0.348 e. The van der Waals surface area contributed by atoms with Gasteiger partial charge in [0.1, 0.15) is 0 Å². The molecule has 0 aromatic carbocycles. The summed E-state index contributed by atoms with van der Waals surface area (Å²) in [4.78, 5) is 19.3. The first-order chi connectivity index (χ1) is 9.45. The smallest absolute Gasteiger partial charge is 0.293 e. The molecule has 1 aromatic rings. The lowest BCUT2D eigenvalue weighted by Crippen LogP contribution is -2.49. The number of nitrogens with one attached hydrogen (secondary N) is 1. The van der Waals surface area contributed by atoms with E-state index in [-0.39, 0.29) is 11.1 Å². The van der Waals surface area contributed by atoms with E-state index in [0.717, 1.165) is 25.9 Å². The van der Waals surface area contributed by atoms with Crippen LogP contribution in [0.3, 0.4) is 0 Å². The van der Waals surface area contributed by atoms with Crippen LogP contribution >= 0.6 is 0 Å². The second-order valence-corrected chi connectivity index (χ2v) is 6.50. The molecule has 0 spiro atoms. The molecule has 1 unspecified atom stereocenters. The molecule has 5 heteroatoms. The van der Waals surface area contributed by atoms with Gasteiger partial charge >= 0.3 is 0 Å². The Morgan fingerprint density at radius 1 is 1.40 bits per heavy atom. The van der Waals surface area contributed by atoms with Crippen molar-refractivity contribution in [3.05, 3.63) is 22.7 Å². The molecule has 0 aliphatic carbocycles. The zero-order valence-corrected chi connectivity index (χ0v) is 13.0. The predicted molar refractivity (Wildman–Crippen MR) is 82.4 cm³/mol. The Bertz CT molecular complexity index is 501. The lowest BCUT2D eigenvalue weighted by molar-refractivity contribution is 0.378. The van der Waals surface area contributed by atoms with Gasteiger partial charge in [-0.3, -0.25) is 4.79 Å². The number of hydrogen-bond donors (Lipinski definition) is 1. The minimum absolute atomic E-state index is 0.0167. The summed E-state index contributed by atoms with van der Waals surface area (Å²) in [5.74, 6) is 0.599. The molecule has 1 N–H and O–H groups in total. The summed E-state index contributed by atoms with van der Waals surface area (Å²) in [7, 11) is 1.96. The van der Waals surface area contributed by atoms with E-state index in [4.69, 9.17) is 0 Å². The average Bonchev–Trinajstić information content (AvgIpc) is 2.39. The summed E-state index contributed by atoms with van der Waals surface area (Å²) in [6, 6.07) is 0.366. The highest BCUT2D eigenvalue weighted by Crippen LogP contribution is 2.21. The van der Waals surface area contributed by atoms with Crippen LogP contribution in [0.1, 0.15) is 40.0 Å². The normalized spacial score (nSPS) is 20.2. The molecule has 2 rings (SSSR count). The molecule has 1 aliphatic rings. The van der Waals surface area contributed by atoms with Crippen LogP contribution in [0.4, 0.5) is 5.82 Å². The fourth-order valence-corrected chi connectivity index (χ4v) is 2.85. The van der Waals surface area contributed by atoms with Gasteiger partial charge < -0.3 is 14.8 Å². The maximum Gasteiger partial charge on any atom is 0.293 e. The fourth-order valence-electron chi connectivity index (χ4n) is 2.85. The summed E-state index contributed by atoms with van der Waals surface area (Å²) >= 11 is 0. The van der Waals surface area contributed by atoms with Crippen molar-refractivity contribution >= 4 is 5.82 Å². The quantitative estimate of drug-likeness (QED) is 0.912. The third-order valence-electron chi connectivity index (χ3n) is 3.88. The molecule has 1 aromatic heterocycles. The van der Waals surface area contributed by atoms with Crippen molar-refractivity contribution < 1.29 is 0 Å². The molecule has 0 saturated carbocycles. The van der Waals surface area contributed by atoms with E-state index >= 15 is 0 Å². The Morgan fingerprint density at radius 3 is 2.80 bits per heavy atom. The predicted octanol–water partition coefficient (Wildman–Crippen LogP) is 1.58. The van der Waals surface area contributed by atoms with Gasteiger partial charge in [-0.05, 0) is 47.1 Å². The Labute approximate surface area is 121 Å². The molecule has 1 atom stereocenters. The number of likely N-dealkylation sites (N-methyl/N-ethyl adjacent to an activating group) is 1. The van der Waals surface area contributed by atoms with Crippen LogP contribution in [0.15, 0.2) is 17.2 Å². The maximum absolute atomic E-state index is 12.7. The van der Waals surface area contributed by atoms with Gasteiger partial charge in [-0.25, -0.2) is 4.98 Å². The maximum atomic E-state index is 12.7. The molecular weight excluding hydrogens is 252 g/mol. The zero-order valence-electron chi connectivity index (χ0n) is 13.0. The Morgan fingerprint density at radius 2 is 2.15 bits per heavy atom. The van der Waals surface area contributed by atoms with Crippen molar-refractivity contribution in [3.63, 3.8) is 0 Å². The third kappa shape index (κ3) is 3.03. The zero-order chi connectivity index (χ0) is 14.8. The first-order valence-corrected chi connectivity index (χ1v) is 7.44. The summed E-state index contributed by atoms with van der Waals surface area (Å²) in [5.41, 5.74) is -0.203. The summed E-state index contributed by atoms with van der Waals surface area (Å²) in [5, 5.41) is 3.22. The number of nitrogens with zero attached hydrogens (tertiary/aromatic N) is 3. The second-order valence-electron chi connectivity index (χ2n) is 6.50. The van der Waals surface area contributed by atoms with E-state index in [0.29, 0.717) is 11.9 Å². The van der Waals surface area contributed by atoms with Crippen LogP contribution in [0.2, 0.25) is 0 Å². The SMILES string of the molecule is CNCC1CCCCN1c1nccn(C(C)(C)C)c1=O. The van der Waals surface area contributed by atoms with Crippen molar-refractivity contribution in [2.75, 3.05) is 25.0 Å². The third-order valence-corrected chi connectivity index (χ3v) is 3.88. The van der Waals surface area contributed by atoms with Crippen molar-refractivity contribution in [2.45, 2.75) is 51.6 Å². The van der Waals surface area contributed by atoms with E-state index < -0.39 is 0 Å². The van der Waals surface area contributed by atoms with Crippen molar-refractivity contribution in [1.82, 2.24) is 14.9 Å². The molecule has 5 nitrogen and oxygen atoms in total. The molecule has 0 amide bonds. The van der Waals surface area contributed by atoms with E-state index in [1.807, 2.05) is 27.8 Å². The molecule has 112 valence electrons. The van der Waals surface area contributed by atoms with Crippen molar-refractivity contribution in [2.24, 2.45) is 0 Å². The first-order valence-electron chi connectivity index (χ1n) is 7.44. The van der Waals surface area contributed by atoms with E-state index in [1.165, 1.54) is 6.42 Å². The van der Waals surface area contributed by atoms with Crippen LogP contribution in [-0.2, 0) is 5.54 Å². The summed E-state index contributed by atoms with van der Waals surface area (Å²) in [6.07, 6.45) is 7.00. The van der Waals surface area contributed by atoms with Crippen LogP contribution < -0.4 is 15.8 Å². The minimum Gasteiger partial charge on any atom is -0.348 e. The average molecular weight is 278 g/mol. The standard InChI is InChI=1S/C15H26N4O/c1-15(2,3)19-10-8-17-13(14(19)20)18-9-6-5-7-12(18)11-16-4/h8,10,12,16H,5-7,9,11H2,1-4H3. The number of piperidine rings is 1.